The number of hydrogen-bond acceptors (Lipinski definition) is 4. The average molecular weight is 277 g/mol. The van der Waals surface area contributed by atoms with Gasteiger partial charge in [0.25, 0.3) is 0 Å². The first-order valence-electron chi connectivity index (χ1n) is 7.45. The Bertz CT molecular complexity index is 427. The number of benzene rings is 1. The van der Waals surface area contributed by atoms with Crippen molar-refractivity contribution < 1.29 is 4.74 Å². The summed E-state index contributed by atoms with van der Waals surface area (Å²) in [6.07, 6.45) is 3.88. The van der Waals surface area contributed by atoms with Crippen LogP contribution >= 0.6 is 0 Å². The summed E-state index contributed by atoms with van der Waals surface area (Å²) in [5.41, 5.74) is 4.08. The molecule has 0 aromatic heterocycles. The van der Waals surface area contributed by atoms with Gasteiger partial charge in [-0.15, -0.1) is 0 Å². The van der Waals surface area contributed by atoms with E-state index < -0.39 is 0 Å². The van der Waals surface area contributed by atoms with Gasteiger partial charge in [0.15, 0.2) is 0 Å². The number of likely N-dealkylation sites (tertiary alicyclic amines) is 1. The Labute approximate surface area is 122 Å². The molecule has 1 aromatic rings. The van der Waals surface area contributed by atoms with Gasteiger partial charge >= 0.3 is 0 Å². The summed E-state index contributed by atoms with van der Waals surface area (Å²) in [6, 6.07) is 8.15. The lowest BCUT2D eigenvalue weighted by atomic mass is 9.85. The Morgan fingerprint density at radius 2 is 1.85 bits per heavy atom. The molecule has 1 aliphatic heterocycles. The first-order chi connectivity index (χ1) is 9.61. The lowest BCUT2D eigenvalue weighted by Crippen LogP contribution is -2.55. The molecular formula is C16H27N3O. The van der Waals surface area contributed by atoms with Crippen molar-refractivity contribution in [3.63, 3.8) is 0 Å². The number of nitrogens with two attached hydrogens (primary N) is 1. The summed E-state index contributed by atoms with van der Waals surface area (Å²) in [5, 5.41) is 0. The number of methoxy groups -OCH3 is 1. The van der Waals surface area contributed by atoms with Crippen molar-refractivity contribution in [2.75, 3.05) is 20.2 Å². The molecule has 0 spiro atoms. The maximum atomic E-state index is 5.89. The van der Waals surface area contributed by atoms with Crippen molar-refractivity contribution in [1.82, 2.24) is 10.3 Å². The van der Waals surface area contributed by atoms with Gasteiger partial charge in [0.05, 0.1) is 13.2 Å². The highest BCUT2D eigenvalue weighted by Gasteiger charge is 2.37. The summed E-state index contributed by atoms with van der Waals surface area (Å²) in [6.45, 7) is 6.80. The van der Waals surface area contributed by atoms with Gasteiger partial charge in [-0.2, -0.15) is 0 Å². The second-order valence-corrected chi connectivity index (χ2v) is 6.04. The molecule has 0 amide bonds. The van der Waals surface area contributed by atoms with Crippen molar-refractivity contribution in [3.8, 4) is 5.75 Å². The molecule has 4 heteroatoms. The highest BCUT2D eigenvalue weighted by molar-refractivity contribution is 5.37. The van der Waals surface area contributed by atoms with Crippen LogP contribution in [0, 0.1) is 0 Å². The van der Waals surface area contributed by atoms with Crippen LogP contribution in [0.2, 0.25) is 0 Å². The molecule has 1 unspecified atom stereocenters. The molecule has 1 fully saturated rings. The zero-order valence-corrected chi connectivity index (χ0v) is 12.9. The van der Waals surface area contributed by atoms with Crippen molar-refractivity contribution in [3.05, 3.63) is 29.8 Å². The third kappa shape index (κ3) is 2.97. The maximum absolute atomic E-state index is 5.89. The lowest BCUT2D eigenvalue weighted by molar-refractivity contribution is 0.0600. The zero-order chi connectivity index (χ0) is 14.6. The fourth-order valence-corrected chi connectivity index (χ4v) is 3.23. The quantitative estimate of drug-likeness (QED) is 0.641. The number of piperidine rings is 1. The Kier molecular flexibility index (Phi) is 5.02. The number of nitrogens with one attached hydrogen (secondary N) is 1. The van der Waals surface area contributed by atoms with Crippen LogP contribution in [-0.2, 0) is 0 Å². The van der Waals surface area contributed by atoms with Gasteiger partial charge in [-0.3, -0.25) is 16.2 Å². The van der Waals surface area contributed by atoms with Crippen molar-refractivity contribution in [2.45, 2.75) is 44.7 Å². The zero-order valence-electron chi connectivity index (χ0n) is 12.9. The van der Waals surface area contributed by atoms with E-state index in [0.29, 0.717) is 0 Å². The summed E-state index contributed by atoms with van der Waals surface area (Å²) >= 11 is 0. The largest absolute Gasteiger partial charge is 0.496 e. The van der Waals surface area contributed by atoms with Crippen molar-refractivity contribution in [1.29, 1.82) is 0 Å². The highest BCUT2D eigenvalue weighted by atomic mass is 16.5. The van der Waals surface area contributed by atoms with Gasteiger partial charge in [0.2, 0.25) is 0 Å². The van der Waals surface area contributed by atoms with Crippen LogP contribution in [0.3, 0.4) is 0 Å². The van der Waals surface area contributed by atoms with Gasteiger partial charge in [0, 0.05) is 11.1 Å². The van der Waals surface area contributed by atoms with E-state index in [-0.39, 0.29) is 11.6 Å². The summed E-state index contributed by atoms with van der Waals surface area (Å²) < 4.78 is 5.50. The monoisotopic (exact) mass is 277 g/mol. The third-order valence-electron chi connectivity index (χ3n) is 4.49. The summed E-state index contributed by atoms with van der Waals surface area (Å²) in [7, 11) is 1.71. The van der Waals surface area contributed by atoms with E-state index in [2.05, 4.69) is 30.2 Å². The van der Waals surface area contributed by atoms with Gasteiger partial charge < -0.3 is 4.74 Å². The Morgan fingerprint density at radius 1 is 1.20 bits per heavy atom. The number of hydrogen-bond donors (Lipinski definition) is 2. The van der Waals surface area contributed by atoms with Gasteiger partial charge in [-0.25, -0.2) is 0 Å². The van der Waals surface area contributed by atoms with Gasteiger partial charge in [-0.1, -0.05) is 24.6 Å². The molecule has 0 saturated carbocycles. The molecule has 3 N–H and O–H groups in total. The van der Waals surface area contributed by atoms with Crippen LogP contribution in [0.25, 0.3) is 0 Å². The minimum Gasteiger partial charge on any atom is -0.496 e. The van der Waals surface area contributed by atoms with Gasteiger partial charge in [0.1, 0.15) is 5.75 Å². The minimum atomic E-state index is -0.0518. The molecule has 2 rings (SSSR count). The molecule has 20 heavy (non-hydrogen) atoms. The van der Waals surface area contributed by atoms with Crippen LogP contribution in [0.5, 0.6) is 5.75 Å². The van der Waals surface area contributed by atoms with E-state index >= 15 is 0 Å². The molecule has 1 aromatic carbocycles. The van der Waals surface area contributed by atoms with Crippen molar-refractivity contribution in [2.24, 2.45) is 5.84 Å². The normalized spacial score (nSPS) is 18.8. The van der Waals surface area contributed by atoms with E-state index in [4.69, 9.17) is 10.6 Å². The van der Waals surface area contributed by atoms with E-state index in [1.807, 2.05) is 18.2 Å². The standard InChI is InChI=1S/C16H27N3O/c1-16(2,19-11-7-4-8-12-19)15(18-17)13-9-5-6-10-14(13)20-3/h5-6,9-10,15,18H,4,7-8,11-12,17H2,1-3H3. The summed E-state index contributed by atoms with van der Waals surface area (Å²) in [4.78, 5) is 2.54. The first kappa shape index (κ1) is 15.3. The number of para-hydroxylation sites is 1. The Morgan fingerprint density at radius 3 is 2.45 bits per heavy atom. The first-order valence-corrected chi connectivity index (χ1v) is 7.45. The van der Waals surface area contributed by atoms with Crippen LogP contribution in [0.1, 0.15) is 44.7 Å². The molecule has 1 atom stereocenters. The fraction of sp³-hybridized carbons (Fsp3) is 0.625. The van der Waals surface area contributed by atoms with Crippen molar-refractivity contribution >= 4 is 0 Å². The summed E-state index contributed by atoms with van der Waals surface area (Å²) in [5.74, 6) is 6.78. The molecule has 112 valence electrons. The highest BCUT2D eigenvalue weighted by Crippen LogP contribution is 2.36. The number of ether oxygens (including phenoxy) is 1. The van der Waals surface area contributed by atoms with Crippen LogP contribution < -0.4 is 16.0 Å². The Balaban J connectivity index is 2.30. The molecule has 1 heterocycles. The molecule has 0 bridgehead atoms. The van der Waals surface area contributed by atoms with Gasteiger partial charge in [-0.05, 0) is 45.8 Å². The van der Waals surface area contributed by atoms with Crippen LogP contribution in [0.15, 0.2) is 24.3 Å². The number of nitrogens with zero attached hydrogens (tertiary/aromatic N) is 1. The minimum absolute atomic E-state index is 0.0387. The maximum Gasteiger partial charge on any atom is 0.123 e. The van der Waals surface area contributed by atoms with Crippen LogP contribution in [0.4, 0.5) is 0 Å². The third-order valence-corrected chi connectivity index (χ3v) is 4.49. The average Bonchev–Trinajstić information content (AvgIpc) is 2.49. The lowest BCUT2D eigenvalue weighted by Gasteiger charge is -2.46. The molecule has 1 saturated heterocycles. The second-order valence-electron chi connectivity index (χ2n) is 6.04. The second kappa shape index (κ2) is 6.57. The van der Waals surface area contributed by atoms with E-state index in [0.717, 1.165) is 24.4 Å². The van der Waals surface area contributed by atoms with E-state index in [9.17, 15) is 0 Å². The predicted molar refractivity (Wildman–Crippen MR) is 82.6 cm³/mol. The molecule has 4 nitrogen and oxygen atoms in total. The number of hydrazine groups is 1. The SMILES string of the molecule is COc1ccccc1C(NN)C(C)(C)N1CCCCC1. The Hall–Kier alpha value is -1.10. The smallest absolute Gasteiger partial charge is 0.123 e. The molecule has 0 radical (unpaired) electrons. The fourth-order valence-electron chi connectivity index (χ4n) is 3.23. The van der Waals surface area contributed by atoms with E-state index in [1.165, 1.54) is 19.3 Å². The predicted octanol–water partition coefficient (Wildman–Crippen LogP) is 2.46. The number of rotatable bonds is 5. The van der Waals surface area contributed by atoms with Crippen LogP contribution in [-0.4, -0.2) is 30.6 Å². The topological polar surface area (TPSA) is 50.5 Å². The molecule has 1 aliphatic rings. The molecular weight excluding hydrogens is 250 g/mol. The van der Waals surface area contributed by atoms with E-state index in [1.54, 1.807) is 7.11 Å². The molecule has 0 aliphatic carbocycles.